The molecular formula is C9H4FN. The van der Waals surface area contributed by atoms with Crippen molar-refractivity contribution in [2.75, 3.05) is 0 Å². The van der Waals surface area contributed by atoms with E-state index in [9.17, 15) is 4.39 Å². The summed E-state index contributed by atoms with van der Waals surface area (Å²) in [5.74, 6) is 1.66. The Kier molecular flexibility index (Phi) is 1.90. The van der Waals surface area contributed by atoms with Gasteiger partial charge in [0.05, 0.1) is 0 Å². The minimum atomic E-state index is -0.567. The van der Waals surface area contributed by atoms with Gasteiger partial charge in [-0.2, -0.15) is 5.26 Å². The van der Waals surface area contributed by atoms with E-state index in [1.165, 1.54) is 18.2 Å². The maximum Gasteiger partial charge on any atom is 0.142 e. The summed E-state index contributed by atoms with van der Waals surface area (Å²) in [5.41, 5.74) is 0.238. The smallest absolute Gasteiger partial charge is 0.142 e. The lowest BCUT2D eigenvalue weighted by molar-refractivity contribution is 0.623. The lowest BCUT2D eigenvalue weighted by atomic mass is 10.1. The zero-order valence-electron chi connectivity index (χ0n) is 5.63. The average molecular weight is 145 g/mol. The van der Waals surface area contributed by atoms with E-state index in [0.717, 1.165) is 0 Å². The molecule has 0 saturated heterocycles. The summed E-state index contributed by atoms with van der Waals surface area (Å²) in [6, 6.07) is 5.91. The highest BCUT2D eigenvalue weighted by Gasteiger charge is 2.03. The summed E-state index contributed by atoms with van der Waals surface area (Å²) >= 11 is 0. The zero-order chi connectivity index (χ0) is 8.27. The third-order valence-corrected chi connectivity index (χ3v) is 1.28. The molecule has 0 aromatic heterocycles. The predicted octanol–water partition coefficient (Wildman–Crippen LogP) is 1.68. The lowest BCUT2D eigenvalue weighted by Gasteiger charge is -1.94. The van der Waals surface area contributed by atoms with Crippen LogP contribution in [-0.2, 0) is 0 Å². The van der Waals surface area contributed by atoms with Crippen molar-refractivity contribution in [2.24, 2.45) is 0 Å². The van der Waals surface area contributed by atoms with Gasteiger partial charge in [-0.25, -0.2) is 4.39 Å². The molecule has 0 amide bonds. The summed E-state index contributed by atoms with van der Waals surface area (Å²) in [4.78, 5) is 0. The van der Waals surface area contributed by atoms with E-state index >= 15 is 0 Å². The molecule has 11 heavy (non-hydrogen) atoms. The first kappa shape index (κ1) is 7.31. The number of terminal acetylenes is 1. The molecule has 0 saturated carbocycles. The van der Waals surface area contributed by atoms with Gasteiger partial charge < -0.3 is 0 Å². The van der Waals surface area contributed by atoms with Crippen molar-refractivity contribution < 1.29 is 4.39 Å². The first-order chi connectivity index (χ1) is 5.29. The molecule has 0 N–H and O–H groups in total. The molecule has 1 aromatic rings. The Labute approximate surface area is 64.1 Å². The van der Waals surface area contributed by atoms with Crippen molar-refractivity contribution in [1.82, 2.24) is 0 Å². The van der Waals surface area contributed by atoms with E-state index in [-0.39, 0.29) is 5.56 Å². The van der Waals surface area contributed by atoms with Gasteiger partial charge in [-0.1, -0.05) is 12.0 Å². The number of rotatable bonds is 0. The molecule has 1 aromatic carbocycles. The molecular weight excluding hydrogens is 141 g/mol. The second kappa shape index (κ2) is 2.86. The molecule has 1 rings (SSSR count). The number of hydrogen-bond donors (Lipinski definition) is 0. The molecule has 0 bridgehead atoms. The Balaban J connectivity index is 3.42. The second-order valence-electron chi connectivity index (χ2n) is 1.92. The molecule has 0 spiro atoms. The van der Waals surface area contributed by atoms with Crippen LogP contribution in [0.3, 0.4) is 0 Å². The maximum atomic E-state index is 12.7. The quantitative estimate of drug-likeness (QED) is 0.509. The van der Waals surface area contributed by atoms with Crippen LogP contribution in [0.5, 0.6) is 0 Å². The Morgan fingerprint density at radius 1 is 1.45 bits per heavy atom. The summed E-state index contributed by atoms with van der Waals surface area (Å²) in [5, 5.41) is 8.44. The fraction of sp³-hybridized carbons (Fsp3) is 0. The highest BCUT2D eigenvalue weighted by atomic mass is 19.1. The highest BCUT2D eigenvalue weighted by Crippen LogP contribution is 2.10. The van der Waals surface area contributed by atoms with Gasteiger partial charge in [-0.15, -0.1) is 6.42 Å². The van der Waals surface area contributed by atoms with Crippen molar-refractivity contribution in [3.8, 4) is 18.4 Å². The maximum absolute atomic E-state index is 12.7. The first-order valence-electron chi connectivity index (χ1n) is 2.95. The molecule has 0 atom stereocenters. The SMILES string of the molecule is C#Cc1cccc(F)c1C#N. The molecule has 0 radical (unpaired) electrons. The van der Waals surface area contributed by atoms with Gasteiger partial charge in [0.2, 0.25) is 0 Å². The minimum Gasteiger partial charge on any atom is -0.205 e. The van der Waals surface area contributed by atoms with E-state index < -0.39 is 5.82 Å². The van der Waals surface area contributed by atoms with Gasteiger partial charge >= 0.3 is 0 Å². The van der Waals surface area contributed by atoms with E-state index in [0.29, 0.717) is 5.56 Å². The summed E-state index contributed by atoms with van der Waals surface area (Å²) in [6.07, 6.45) is 5.03. The van der Waals surface area contributed by atoms with Gasteiger partial charge in [-0.05, 0) is 12.1 Å². The van der Waals surface area contributed by atoms with E-state index in [1.807, 2.05) is 0 Å². The average Bonchev–Trinajstić information content (AvgIpc) is 2.04. The third kappa shape index (κ3) is 1.20. The molecule has 0 aliphatic heterocycles. The van der Waals surface area contributed by atoms with Crippen LogP contribution in [0.25, 0.3) is 0 Å². The van der Waals surface area contributed by atoms with Crippen molar-refractivity contribution in [1.29, 1.82) is 5.26 Å². The number of nitriles is 1. The molecule has 52 valence electrons. The summed E-state index contributed by atoms with van der Waals surface area (Å²) < 4.78 is 12.7. The number of benzene rings is 1. The lowest BCUT2D eigenvalue weighted by Crippen LogP contribution is -1.87. The van der Waals surface area contributed by atoms with Crippen LogP contribution in [0.4, 0.5) is 4.39 Å². The summed E-state index contributed by atoms with van der Waals surface area (Å²) in [6.45, 7) is 0. The van der Waals surface area contributed by atoms with Gasteiger partial charge in [0.15, 0.2) is 0 Å². The van der Waals surface area contributed by atoms with E-state index in [4.69, 9.17) is 11.7 Å². The van der Waals surface area contributed by atoms with E-state index in [1.54, 1.807) is 6.07 Å². The van der Waals surface area contributed by atoms with Crippen molar-refractivity contribution in [3.05, 3.63) is 35.1 Å². The highest BCUT2D eigenvalue weighted by molar-refractivity contribution is 5.47. The van der Waals surface area contributed by atoms with Crippen LogP contribution in [-0.4, -0.2) is 0 Å². The Bertz CT molecular complexity index is 355. The van der Waals surface area contributed by atoms with Gasteiger partial charge in [-0.3, -0.25) is 0 Å². The van der Waals surface area contributed by atoms with Crippen LogP contribution in [0.2, 0.25) is 0 Å². The van der Waals surface area contributed by atoms with Crippen LogP contribution < -0.4 is 0 Å². The molecule has 2 heteroatoms. The van der Waals surface area contributed by atoms with Crippen molar-refractivity contribution in [2.45, 2.75) is 0 Å². The van der Waals surface area contributed by atoms with E-state index in [2.05, 4.69) is 5.92 Å². The first-order valence-corrected chi connectivity index (χ1v) is 2.95. The molecule has 1 nitrogen and oxygen atoms in total. The minimum absolute atomic E-state index is 0.0602. The fourth-order valence-electron chi connectivity index (χ4n) is 0.758. The van der Waals surface area contributed by atoms with Crippen molar-refractivity contribution in [3.63, 3.8) is 0 Å². The second-order valence-corrected chi connectivity index (χ2v) is 1.92. The number of hydrogen-bond acceptors (Lipinski definition) is 1. The predicted molar refractivity (Wildman–Crippen MR) is 39.1 cm³/mol. The molecule has 0 aliphatic carbocycles. The number of nitrogens with zero attached hydrogens (tertiary/aromatic N) is 1. The Morgan fingerprint density at radius 3 is 2.64 bits per heavy atom. The Morgan fingerprint density at radius 2 is 2.18 bits per heavy atom. The topological polar surface area (TPSA) is 23.8 Å². The normalized spacial score (nSPS) is 8.27. The van der Waals surface area contributed by atoms with Crippen LogP contribution in [0, 0.1) is 29.5 Å². The molecule has 0 aliphatic rings. The molecule has 0 fully saturated rings. The largest absolute Gasteiger partial charge is 0.205 e. The van der Waals surface area contributed by atoms with Crippen molar-refractivity contribution >= 4 is 0 Å². The van der Waals surface area contributed by atoms with Crippen LogP contribution >= 0.6 is 0 Å². The number of halogens is 1. The van der Waals surface area contributed by atoms with Crippen LogP contribution in [0.15, 0.2) is 18.2 Å². The summed E-state index contributed by atoms with van der Waals surface area (Å²) in [7, 11) is 0. The molecule has 0 heterocycles. The molecule has 0 unspecified atom stereocenters. The fourth-order valence-corrected chi connectivity index (χ4v) is 0.758. The zero-order valence-corrected chi connectivity index (χ0v) is 5.63. The van der Waals surface area contributed by atoms with Gasteiger partial charge in [0.25, 0.3) is 0 Å². The van der Waals surface area contributed by atoms with Gasteiger partial charge in [0, 0.05) is 5.56 Å². The monoisotopic (exact) mass is 145 g/mol. The van der Waals surface area contributed by atoms with Gasteiger partial charge in [0.1, 0.15) is 17.4 Å². The third-order valence-electron chi connectivity index (χ3n) is 1.28. The standard InChI is InChI=1S/C9H4FN/c1-2-7-4-3-5-9(10)8(7)6-11/h1,3-5H. The Hall–Kier alpha value is -1.80. The van der Waals surface area contributed by atoms with Crippen LogP contribution in [0.1, 0.15) is 11.1 Å².